The number of allylic oxidation sites excluding steroid dienone is 2. The Hall–Kier alpha value is -5.85. The van der Waals surface area contributed by atoms with Crippen LogP contribution in [-0.4, -0.2) is 72.1 Å². The fourth-order valence-corrected chi connectivity index (χ4v) is 3.82. The van der Waals surface area contributed by atoms with Gasteiger partial charge in [0.1, 0.15) is 35.6 Å². The number of hydrogen-bond acceptors (Lipinski definition) is 11. The van der Waals surface area contributed by atoms with Crippen molar-refractivity contribution < 1.29 is 67.5 Å². The molecule has 0 radical (unpaired) electrons. The molecule has 0 atom stereocenters. The fourth-order valence-electron chi connectivity index (χ4n) is 3.82. The first-order valence-electron chi connectivity index (χ1n) is 21.8. The monoisotopic (exact) mass is 788 g/mol. The molecule has 11 nitrogen and oxygen atoms in total. The molecule has 4 aromatic carbocycles. The van der Waals surface area contributed by atoms with Gasteiger partial charge in [0.15, 0.2) is 11.6 Å². The van der Waals surface area contributed by atoms with E-state index in [9.17, 15) is 27.6 Å². The highest BCUT2D eigenvalue weighted by Gasteiger charge is 2.00. The Kier molecular flexibility index (Phi) is 14.9. The molecule has 0 aliphatic rings. The number of phenols is 1. The van der Waals surface area contributed by atoms with Gasteiger partial charge in [-0.15, -0.1) is 0 Å². The van der Waals surface area contributed by atoms with Gasteiger partial charge < -0.3 is 19.3 Å². The Balaban J connectivity index is 0.000000830. The van der Waals surface area contributed by atoms with Crippen LogP contribution in [0.1, 0.15) is 84.4 Å². The summed E-state index contributed by atoms with van der Waals surface area (Å²) in [6.45, 7) is 9.89. The number of methoxy groups -OCH3 is 3. The number of carbonyl (C=O) groups excluding carboxylic acids is 4. The van der Waals surface area contributed by atoms with Crippen molar-refractivity contribution in [3.8, 4) is 23.0 Å². The third-order valence-corrected chi connectivity index (χ3v) is 6.89. The van der Waals surface area contributed by atoms with Gasteiger partial charge in [0.25, 0.3) is 10.1 Å². The molecular formula is C43H52O11S. The first-order chi connectivity index (χ1) is 30.4. The molecule has 0 aliphatic heterocycles. The molecule has 0 spiro atoms. The second-order valence-electron chi connectivity index (χ2n) is 11.3. The number of rotatable bonds is 10. The SMILES string of the molecule is Cc1cc(C=O)ccc1O.[2H]C([2H])([2H])OS(C)(=O)=O.[2H]C([2H])([2H])Oc1ccc(/C=C/C(C)=O)cc1C.[2H]C([2H])([2H])Oc1ccc(/C=C\C(C)=O)cc1C.[2H]C([2H])([2H])Oc1ccc(C=O)cc1C. The molecule has 4 rings (SSSR count). The summed E-state index contributed by atoms with van der Waals surface area (Å²) in [5.74, 6) is 1.08. The first-order valence-corrected chi connectivity index (χ1v) is 17.6. The van der Waals surface area contributed by atoms with E-state index in [4.69, 9.17) is 35.8 Å². The predicted molar refractivity (Wildman–Crippen MR) is 218 cm³/mol. The molecule has 0 aromatic heterocycles. The Labute approximate surface area is 342 Å². The van der Waals surface area contributed by atoms with E-state index < -0.39 is 38.3 Å². The van der Waals surface area contributed by atoms with Crippen molar-refractivity contribution in [2.45, 2.75) is 41.5 Å². The minimum absolute atomic E-state index is 0.0366. The average molecular weight is 789 g/mol. The molecule has 0 amide bonds. The van der Waals surface area contributed by atoms with Crippen LogP contribution in [0.5, 0.6) is 23.0 Å². The lowest BCUT2D eigenvalue weighted by Crippen LogP contribution is -1.95. The first kappa shape index (κ1) is 31.5. The van der Waals surface area contributed by atoms with Crippen molar-refractivity contribution >= 4 is 46.4 Å². The molecule has 1 N–H and O–H groups in total. The summed E-state index contributed by atoms with van der Waals surface area (Å²) >= 11 is 0. The van der Waals surface area contributed by atoms with E-state index in [1.807, 2.05) is 0 Å². The van der Waals surface area contributed by atoms with Gasteiger partial charge in [0, 0.05) is 11.1 Å². The van der Waals surface area contributed by atoms with Gasteiger partial charge in [0.2, 0.25) is 0 Å². The highest BCUT2D eigenvalue weighted by molar-refractivity contribution is 7.85. The van der Waals surface area contributed by atoms with Crippen LogP contribution in [0.25, 0.3) is 12.2 Å². The maximum atomic E-state index is 10.8. The maximum Gasteiger partial charge on any atom is 0.264 e. The lowest BCUT2D eigenvalue weighted by Gasteiger charge is -2.04. The fraction of sp³-hybridized carbons (Fsp3) is 0.256. The molecule has 296 valence electrons. The van der Waals surface area contributed by atoms with Crippen LogP contribution in [0, 0.1) is 27.7 Å². The van der Waals surface area contributed by atoms with Crippen LogP contribution in [0.2, 0.25) is 0 Å². The number of aromatic hydroxyl groups is 1. The van der Waals surface area contributed by atoms with Crippen LogP contribution in [-0.2, 0) is 23.9 Å². The van der Waals surface area contributed by atoms with E-state index in [0.717, 1.165) is 23.0 Å². The zero-order valence-corrected chi connectivity index (χ0v) is 32.1. The summed E-state index contributed by atoms with van der Waals surface area (Å²) in [5, 5.41) is 9.02. The highest BCUT2D eigenvalue weighted by Crippen LogP contribution is 2.20. The second-order valence-corrected chi connectivity index (χ2v) is 12.9. The van der Waals surface area contributed by atoms with E-state index in [1.54, 1.807) is 94.4 Å². The van der Waals surface area contributed by atoms with Crippen molar-refractivity contribution in [3.05, 3.63) is 129 Å². The minimum atomic E-state index is -3.84. The summed E-state index contributed by atoms with van der Waals surface area (Å²) in [4.78, 5) is 42.1. The molecule has 12 heteroatoms. The van der Waals surface area contributed by atoms with Gasteiger partial charge in [-0.1, -0.05) is 24.3 Å². The minimum Gasteiger partial charge on any atom is -0.508 e. The lowest BCUT2D eigenvalue weighted by molar-refractivity contribution is -0.113. The number of aldehydes is 2. The number of ether oxygens (including phenoxy) is 3. The van der Waals surface area contributed by atoms with E-state index in [0.29, 0.717) is 51.9 Å². The molecule has 0 heterocycles. The molecule has 0 unspecified atom stereocenters. The van der Waals surface area contributed by atoms with E-state index >= 15 is 0 Å². The van der Waals surface area contributed by atoms with Crippen LogP contribution in [0.3, 0.4) is 0 Å². The Morgan fingerprint density at radius 2 is 0.927 bits per heavy atom. The van der Waals surface area contributed by atoms with Crippen molar-refractivity contribution in [2.75, 3.05) is 34.4 Å². The average Bonchev–Trinajstić information content (AvgIpc) is 3.15. The summed E-state index contributed by atoms with van der Waals surface area (Å²) in [5.41, 5.74) is 5.54. The quantitative estimate of drug-likeness (QED) is 0.0939. The number of benzene rings is 4. The molecule has 0 saturated carbocycles. The molecule has 55 heavy (non-hydrogen) atoms. The second kappa shape index (κ2) is 26.0. The van der Waals surface area contributed by atoms with Crippen LogP contribution in [0.4, 0.5) is 0 Å². The third kappa shape index (κ3) is 21.4. The largest absolute Gasteiger partial charge is 0.508 e. The van der Waals surface area contributed by atoms with Gasteiger partial charge in [-0.05, 0) is 148 Å². The smallest absolute Gasteiger partial charge is 0.264 e. The summed E-state index contributed by atoms with van der Waals surface area (Å²) in [6, 6.07) is 19.4. The van der Waals surface area contributed by atoms with Gasteiger partial charge in [-0.2, -0.15) is 8.42 Å². The van der Waals surface area contributed by atoms with Crippen molar-refractivity contribution in [2.24, 2.45) is 0 Å². The van der Waals surface area contributed by atoms with Gasteiger partial charge in [-0.3, -0.25) is 23.4 Å². The zero-order valence-electron chi connectivity index (χ0n) is 43.3. The molecule has 0 fully saturated rings. The highest BCUT2D eigenvalue weighted by atomic mass is 32.2. The normalized spacial score (nSPS) is 14.3. The number of aryl methyl sites for hydroxylation is 4. The zero-order chi connectivity index (χ0) is 52.1. The van der Waals surface area contributed by atoms with Gasteiger partial charge in [-0.25, -0.2) is 0 Å². The van der Waals surface area contributed by atoms with Gasteiger partial charge >= 0.3 is 0 Å². The van der Waals surface area contributed by atoms with Gasteiger partial charge in [0.05, 0.1) is 50.9 Å². The number of hydrogen-bond donors (Lipinski definition) is 1. The van der Waals surface area contributed by atoms with Crippen molar-refractivity contribution in [1.82, 2.24) is 0 Å². The van der Waals surface area contributed by atoms with Crippen LogP contribution >= 0.6 is 0 Å². The third-order valence-electron chi connectivity index (χ3n) is 6.59. The summed E-state index contributed by atoms with van der Waals surface area (Å²) < 4.78 is 120. The van der Waals surface area contributed by atoms with E-state index in [1.165, 1.54) is 44.2 Å². The van der Waals surface area contributed by atoms with Crippen LogP contribution < -0.4 is 14.2 Å². The van der Waals surface area contributed by atoms with E-state index in [2.05, 4.69) is 4.18 Å². The standard InChI is InChI=1S/2C12H14O2.C9H10O2.C8H8O2.C2H6O3S/c2*1-9-8-11(5-4-10(2)13)6-7-12(9)14-3;1-7-5-8(6-10)3-4-9(7)11-2;1-6-4-7(5-9)2-3-8(6)10;1-5-6(2,3)4/h2*4-8H,1-3H3;3-6H,1-2H3;2-5,10H,1H3;1-2H3/b5-4+;5-4-;;;/i2*3D3;2D3;;1D3. The van der Waals surface area contributed by atoms with E-state index in [-0.39, 0.29) is 23.1 Å². The van der Waals surface area contributed by atoms with Crippen LogP contribution in [0.15, 0.2) is 84.9 Å². The van der Waals surface area contributed by atoms with Crippen molar-refractivity contribution in [1.29, 1.82) is 0 Å². The number of phenolic OH excluding ortho intramolecular Hbond substituents is 1. The molecular weight excluding hydrogens is 725 g/mol. The Morgan fingerprint density at radius 3 is 1.20 bits per heavy atom. The molecule has 0 bridgehead atoms. The maximum absolute atomic E-state index is 10.8. The van der Waals surface area contributed by atoms with Crippen molar-refractivity contribution in [3.63, 3.8) is 0 Å². The Morgan fingerprint density at radius 1 is 0.582 bits per heavy atom. The topological polar surface area (TPSA) is 160 Å². The number of ketones is 2. The predicted octanol–water partition coefficient (Wildman–Crippen LogP) is 8.13. The summed E-state index contributed by atoms with van der Waals surface area (Å²) in [7, 11) is -14.0. The number of carbonyl (C=O) groups is 4. The molecule has 0 saturated heterocycles. The Bertz CT molecular complexity index is 2370. The molecule has 0 aliphatic carbocycles. The molecule has 4 aromatic rings. The lowest BCUT2D eigenvalue weighted by atomic mass is 10.1. The summed E-state index contributed by atoms with van der Waals surface area (Å²) in [6.07, 6.45) is 8.40.